The summed E-state index contributed by atoms with van der Waals surface area (Å²) in [6.45, 7) is 1.17. The summed E-state index contributed by atoms with van der Waals surface area (Å²) in [4.78, 5) is 14.7. The second kappa shape index (κ2) is 8.48. The highest BCUT2D eigenvalue weighted by Gasteiger charge is 2.31. The maximum absolute atomic E-state index is 13.2. The fraction of sp³-hybridized carbons (Fsp3) is 0.174. The van der Waals surface area contributed by atoms with Gasteiger partial charge in [0.25, 0.3) is 5.91 Å². The first-order valence-corrected chi connectivity index (χ1v) is 10.2. The standard InChI is InChI=1S/C23H20FNO2S/c24-20-11-9-18(10-12-20)22(26)25-13-14-28-23(25)19-7-4-8-21(15-19)27-16-17-5-2-1-3-6-17/h1-12,15,23H,13-14,16H2. The first-order chi connectivity index (χ1) is 13.7. The molecule has 3 aromatic rings. The molecule has 1 heterocycles. The van der Waals surface area contributed by atoms with Crippen LogP contribution in [0.4, 0.5) is 4.39 Å². The van der Waals surface area contributed by atoms with E-state index in [-0.39, 0.29) is 17.1 Å². The molecule has 0 radical (unpaired) electrons. The zero-order chi connectivity index (χ0) is 19.3. The lowest BCUT2D eigenvalue weighted by Gasteiger charge is -2.24. The monoisotopic (exact) mass is 393 g/mol. The number of carbonyl (C=O) groups is 1. The normalized spacial score (nSPS) is 16.2. The van der Waals surface area contributed by atoms with Gasteiger partial charge in [0.2, 0.25) is 0 Å². The van der Waals surface area contributed by atoms with Gasteiger partial charge in [0, 0.05) is 17.9 Å². The van der Waals surface area contributed by atoms with Crippen LogP contribution in [0.1, 0.15) is 26.9 Å². The maximum Gasteiger partial charge on any atom is 0.255 e. The topological polar surface area (TPSA) is 29.5 Å². The molecule has 3 aromatic carbocycles. The Labute approximate surface area is 168 Å². The number of halogens is 1. The van der Waals surface area contributed by atoms with E-state index in [1.54, 1.807) is 11.8 Å². The number of thioether (sulfide) groups is 1. The summed E-state index contributed by atoms with van der Waals surface area (Å²) in [5, 5.41) is -0.0715. The number of rotatable bonds is 5. The number of benzene rings is 3. The third-order valence-electron chi connectivity index (χ3n) is 4.63. The molecule has 1 atom stereocenters. The molecule has 5 heteroatoms. The van der Waals surface area contributed by atoms with Crippen LogP contribution in [0.5, 0.6) is 5.75 Å². The number of amides is 1. The highest BCUT2D eigenvalue weighted by atomic mass is 32.2. The lowest BCUT2D eigenvalue weighted by atomic mass is 10.1. The predicted molar refractivity (Wildman–Crippen MR) is 110 cm³/mol. The van der Waals surface area contributed by atoms with Crippen molar-refractivity contribution in [1.29, 1.82) is 0 Å². The van der Waals surface area contributed by atoms with Crippen LogP contribution in [0.25, 0.3) is 0 Å². The van der Waals surface area contributed by atoms with Crippen molar-refractivity contribution < 1.29 is 13.9 Å². The van der Waals surface area contributed by atoms with Crippen molar-refractivity contribution in [2.45, 2.75) is 12.0 Å². The molecular weight excluding hydrogens is 373 g/mol. The van der Waals surface area contributed by atoms with Crippen LogP contribution in [-0.2, 0) is 6.61 Å². The number of carbonyl (C=O) groups excluding carboxylic acids is 1. The van der Waals surface area contributed by atoms with Crippen LogP contribution in [0.2, 0.25) is 0 Å². The lowest BCUT2D eigenvalue weighted by Crippen LogP contribution is -2.30. The van der Waals surface area contributed by atoms with Crippen LogP contribution in [0.3, 0.4) is 0 Å². The molecule has 1 saturated heterocycles. The van der Waals surface area contributed by atoms with E-state index in [1.165, 1.54) is 24.3 Å². The molecule has 0 aromatic heterocycles. The van der Waals surface area contributed by atoms with Crippen LogP contribution >= 0.6 is 11.8 Å². The average molecular weight is 393 g/mol. The highest BCUT2D eigenvalue weighted by molar-refractivity contribution is 7.99. The van der Waals surface area contributed by atoms with Gasteiger partial charge in [-0.05, 0) is 47.5 Å². The summed E-state index contributed by atoms with van der Waals surface area (Å²) in [5.74, 6) is 1.23. The van der Waals surface area contributed by atoms with Crippen molar-refractivity contribution in [3.63, 3.8) is 0 Å². The number of hydrogen-bond donors (Lipinski definition) is 0. The Bertz CT molecular complexity index is 946. The van der Waals surface area contributed by atoms with Crippen LogP contribution in [-0.4, -0.2) is 23.1 Å². The minimum atomic E-state index is -0.341. The number of nitrogens with zero attached hydrogens (tertiary/aromatic N) is 1. The fourth-order valence-corrected chi connectivity index (χ4v) is 4.46. The minimum absolute atomic E-state index is 0.0715. The third kappa shape index (κ3) is 4.20. The van der Waals surface area contributed by atoms with Gasteiger partial charge in [0.1, 0.15) is 23.5 Å². The van der Waals surface area contributed by atoms with Gasteiger partial charge < -0.3 is 9.64 Å². The Morgan fingerprint density at radius 3 is 2.61 bits per heavy atom. The Hall–Kier alpha value is -2.79. The van der Waals surface area contributed by atoms with Crippen LogP contribution < -0.4 is 4.74 Å². The third-order valence-corrected chi connectivity index (χ3v) is 5.90. The molecule has 1 aliphatic heterocycles. The Kier molecular flexibility index (Phi) is 5.63. The van der Waals surface area contributed by atoms with Crippen LogP contribution in [0.15, 0.2) is 78.9 Å². The van der Waals surface area contributed by atoms with Gasteiger partial charge in [-0.25, -0.2) is 4.39 Å². The largest absolute Gasteiger partial charge is 0.489 e. The van der Waals surface area contributed by atoms with E-state index in [1.807, 2.05) is 59.5 Å². The quantitative estimate of drug-likeness (QED) is 0.590. The van der Waals surface area contributed by atoms with Crippen molar-refractivity contribution in [2.75, 3.05) is 12.3 Å². The summed E-state index contributed by atoms with van der Waals surface area (Å²) < 4.78 is 19.1. The van der Waals surface area contributed by atoms with E-state index in [9.17, 15) is 9.18 Å². The fourth-order valence-electron chi connectivity index (χ4n) is 3.21. The SMILES string of the molecule is O=C(c1ccc(F)cc1)N1CCSC1c1cccc(OCc2ccccc2)c1. The second-order valence-electron chi connectivity index (χ2n) is 6.58. The molecule has 0 bridgehead atoms. The van der Waals surface area contributed by atoms with Crippen molar-refractivity contribution in [3.05, 3.63) is 101 Å². The first-order valence-electron chi connectivity index (χ1n) is 9.15. The Morgan fingerprint density at radius 2 is 1.82 bits per heavy atom. The first kappa shape index (κ1) is 18.6. The van der Waals surface area contributed by atoms with Gasteiger partial charge >= 0.3 is 0 Å². The summed E-state index contributed by atoms with van der Waals surface area (Å²) in [5.41, 5.74) is 2.64. The minimum Gasteiger partial charge on any atom is -0.489 e. The molecule has 1 fully saturated rings. The molecule has 0 saturated carbocycles. The molecule has 1 amide bonds. The molecule has 0 aliphatic carbocycles. The van der Waals surface area contributed by atoms with Crippen LogP contribution in [0, 0.1) is 5.82 Å². The predicted octanol–water partition coefficient (Wildman–Crippen LogP) is 5.29. The summed E-state index contributed by atoms with van der Waals surface area (Å²) >= 11 is 1.73. The zero-order valence-electron chi connectivity index (χ0n) is 15.3. The molecule has 0 N–H and O–H groups in total. The molecule has 1 unspecified atom stereocenters. The Balaban J connectivity index is 1.49. The zero-order valence-corrected chi connectivity index (χ0v) is 16.1. The number of hydrogen-bond acceptors (Lipinski definition) is 3. The second-order valence-corrected chi connectivity index (χ2v) is 7.76. The van der Waals surface area contributed by atoms with E-state index in [4.69, 9.17) is 4.74 Å². The molecule has 1 aliphatic rings. The summed E-state index contributed by atoms with van der Waals surface area (Å²) in [6, 6.07) is 23.6. The lowest BCUT2D eigenvalue weighted by molar-refractivity contribution is 0.0760. The van der Waals surface area contributed by atoms with Gasteiger partial charge in [0.15, 0.2) is 0 Å². The van der Waals surface area contributed by atoms with Gasteiger partial charge in [-0.2, -0.15) is 0 Å². The summed E-state index contributed by atoms with van der Waals surface area (Å²) in [6.07, 6.45) is 0. The van der Waals surface area contributed by atoms with Gasteiger partial charge in [-0.3, -0.25) is 4.79 Å². The summed E-state index contributed by atoms with van der Waals surface area (Å²) in [7, 11) is 0. The average Bonchev–Trinajstić information content (AvgIpc) is 3.23. The maximum atomic E-state index is 13.2. The molecule has 3 nitrogen and oxygen atoms in total. The van der Waals surface area contributed by atoms with E-state index in [0.717, 1.165) is 22.6 Å². The van der Waals surface area contributed by atoms with Gasteiger partial charge in [-0.1, -0.05) is 42.5 Å². The van der Waals surface area contributed by atoms with Crippen molar-refractivity contribution >= 4 is 17.7 Å². The van der Waals surface area contributed by atoms with E-state index in [2.05, 4.69) is 0 Å². The van der Waals surface area contributed by atoms with E-state index < -0.39 is 0 Å². The molecule has 4 rings (SSSR count). The molecule has 28 heavy (non-hydrogen) atoms. The Morgan fingerprint density at radius 1 is 1.04 bits per heavy atom. The van der Waals surface area contributed by atoms with E-state index in [0.29, 0.717) is 18.7 Å². The van der Waals surface area contributed by atoms with Gasteiger partial charge in [0.05, 0.1) is 0 Å². The highest BCUT2D eigenvalue weighted by Crippen LogP contribution is 2.39. The molecule has 0 spiro atoms. The van der Waals surface area contributed by atoms with Crippen molar-refractivity contribution in [2.24, 2.45) is 0 Å². The molecule has 142 valence electrons. The van der Waals surface area contributed by atoms with E-state index >= 15 is 0 Å². The van der Waals surface area contributed by atoms with Crippen molar-refractivity contribution in [1.82, 2.24) is 4.90 Å². The number of ether oxygens (including phenoxy) is 1. The van der Waals surface area contributed by atoms with Gasteiger partial charge in [-0.15, -0.1) is 11.8 Å². The smallest absolute Gasteiger partial charge is 0.255 e. The van der Waals surface area contributed by atoms with Crippen molar-refractivity contribution in [3.8, 4) is 5.75 Å². The molecular formula is C23H20FNO2S.